The Hall–Kier alpha value is -0.820. The van der Waals surface area contributed by atoms with Crippen molar-refractivity contribution in [2.75, 3.05) is 32.4 Å². The van der Waals surface area contributed by atoms with Gasteiger partial charge in [-0.1, -0.05) is 18.5 Å². The fourth-order valence-electron chi connectivity index (χ4n) is 2.68. The van der Waals surface area contributed by atoms with Gasteiger partial charge in [0.1, 0.15) is 4.90 Å². The van der Waals surface area contributed by atoms with Crippen LogP contribution < -0.4 is 5.73 Å². The number of halogens is 1. The Labute approximate surface area is 131 Å². The highest BCUT2D eigenvalue weighted by atomic mass is 35.5. The maximum atomic E-state index is 12.7. The molecule has 0 saturated carbocycles. The van der Waals surface area contributed by atoms with Crippen LogP contribution in [-0.4, -0.2) is 50.3 Å². The minimum Gasteiger partial charge on any atom is -0.399 e. The highest BCUT2D eigenvalue weighted by molar-refractivity contribution is 7.89. The minimum absolute atomic E-state index is 0.0198. The summed E-state index contributed by atoms with van der Waals surface area (Å²) in [6, 6.07) is 4.53. The molecule has 5 nitrogen and oxygen atoms in total. The van der Waals surface area contributed by atoms with Crippen molar-refractivity contribution in [3.8, 4) is 0 Å². The van der Waals surface area contributed by atoms with Gasteiger partial charge in [0, 0.05) is 18.8 Å². The largest absolute Gasteiger partial charge is 0.399 e. The number of nitrogen functional groups attached to an aromatic ring is 1. The fourth-order valence-corrected chi connectivity index (χ4v) is 4.62. The Kier molecular flexibility index (Phi) is 5.14. The van der Waals surface area contributed by atoms with Crippen molar-refractivity contribution in [2.24, 2.45) is 0 Å². The monoisotopic (exact) mass is 331 g/mol. The Morgan fingerprint density at radius 3 is 2.52 bits per heavy atom. The van der Waals surface area contributed by atoms with Crippen LogP contribution in [0.1, 0.15) is 19.8 Å². The number of rotatable bonds is 4. The maximum absolute atomic E-state index is 12.7. The molecule has 118 valence electrons. The summed E-state index contributed by atoms with van der Waals surface area (Å²) in [5, 5.41) is 0.174. The van der Waals surface area contributed by atoms with Crippen molar-refractivity contribution in [2.45, 2.75) is 30.7 Å². The molecule has 1 aromatic carbocycles. The van der Waals surface area contributed by atoms with E-state index in [1.54, 1.807) is 13.1 Å². The van der Waals surface area contributed by atoms with Crippen LogP contribution in [0.2, 0.25) is 5.02 Å². The lowest BCUT2D eigenvalue weighted by atomic mass is 10.1. The van der Waals surface area contributed by atoms with Gasteiger partial charge in [0.15, 0.2) is 0 Å². The van der Waals surface area contributed by atoms with E-state index >= 15 is 0 Å². The van der Waals surface area contributed by atoms with Gasteiger partial charge in [-0.3, -0.25) is 0 Å². The predicted molar refractivity (Wildman–Crippen MR) is 85.9 cm³/mol. The first-order valence-electron chi connectivity index (χ1n) is 7.11. The molecular weight excluding hydrogens is 310 g/mol. The van der Waals surface area contributed by atoms with Crippen LogP contribution in [0.4, 0.5) is 5.69 Å². The summed E-state index contributed by atoms with van der Waals surface area (Å²) in [6.45, 7) is 4.98. The smallest absolute Gasteiger partial charge is 0.244 e. The van der Waals surface area contributed by atoms with E-state index in [9.17, 15) is 8.42 Å². The third kappa shape index (κ3) is 3.51. The normalized spacial score (nSPS) is 18.3. The SMILES string of the molecule is CCN1CCC(N(C)S(=O)(=O)c2ccc(N)cc2Cl)CC1. The van der Waals surface area contributed by atoms with Crippen molar-refractivity contribution >= 4 is 27.3 Å². The highest BCUT2D eigenvalue weighted by Gasteiger charge is 2.31. The molecule has 0 atom stereocenters. The second kappa shape index (κ2) is 6.52. The zero-order chi connectivity index (χ0) is 15.6. The van der Waals surface area contributed by atoms with Crippen molar-refractivity contribution in [1.82, 2.24) is 9.21 Å². The fraction of sp³-hybridized carbons (Fsp3) is 0.571. The highest BCUT2D eigenvalue weighted by Crippen LogP contribution is 2.28. The quantitative estimate of drug-likeness (QED) is 0.857. The molecule has 0 bridgehead atoms. The van der Waals surface area contributed by atoms with Gasteiger partial charge in [0.25, 0.3) is 0 Å². The molecule has 0 aromatic heterocycles. The molecular formula is C14H22ClN3O2S. The third-order valence-electron chi connectivity index (χ3n) is 4.13. The van der Waals surface area contributed by atoms with Crippen LogP contribution in [0.25, 0.3) is 0 Å². The molecule has 0 unspecified atom stereocenters. The molecule has 1 fully saturated rings. The molecule has 1 aromatic rings. The number of sulfonamides is 1. The van der Waals surface area contributed by atoms with Gasteiger partial charge in [0.05, 0.1) is 5.02 Å². The molecule has 2 rings (SSSR count). The van der Waals surface area contributed by atoms with E-state index in [0.717, 1.165) is 32.5 Å². The lowest BCUT2D eigenvalue weighted by Crippen LogP contribution is -2.45. The van der Waals surface area contributed by atoms with Gasteiger partial charge in [0.2, 0.25) is 10.0 Å². The van der Waals surface area contributed by atoms with Crippen LogP contribution in [0, 0.1) is 0 Å². The molecule has 1 heterocycles. The number of hydrogen-bond donors (Lipinski definition) is 1. The number of piperidine rings is 1. The molecule has 0 amide bonds. The number of anilines is 1. The summed E-state index contributed by atoms with van der Waals surface area (Å²) in [5.74, 6) is 0. The third-order valence-corrected chi connectivity index (χ3v) is 6.52. The van der Waals surface area contributed by atoms with Crippen LogP contribution in [0.3, 0.4) is 0 Å². The van der Waals surface area contributed by atoms with Crippen LogP contribution in [0.5, 0.6) is 0 Å². The number of benzene rings is 1. The Bertz CT molecular complexity index is 598. The number of nitrogens with two attached hydrogens (primary N) is 1. The van der Waals surface area contributed by atoms with E-state index in [4.69, 9.17) is 17.3 Å². The topological polar surface area (TPSA) is 66.6 Å². The number of nitrogens with zero attached hydrogens (tertiary/aromatic N) is 2. The number of likely N-dealkylation sites (tertiary alicyclic amines) is 1. The van der Waals surface area contributed by atoms with Gasteiger partial charge < -0.3 is 10.6 Å². The average molecular weight is 332 g/mol. The van der Waals surface area contributed by atoms with E-state index in [1.165, 1.54) is 16.4 Å². The second-order valence-electron chi connectivity index (χ2n) is 5.38. The summed E-state index contributed by atoms with van der Waals surface area (Å²) in [4.78, 5) is 2.45. The first kappa shape index (κ1) is 16.5. The molecule has 1 aliphatic rings. The Morgan fingerprint density at radius 1 is 1.38 bits per heavy atom. The first-order chi connectivity index (χ1) is 9.86. The predicted octanol–water partition coefficient (Wildman–Crippen LogP) is 2.03. The Balaban J connectivity index is 2.19. The van der Waals surface area contributed by atoms with E-state index in [2.05, 4.69) is 11.8 Å². The maximum Gasteiger partial charge on any atom is 0.244 e. The van der Waals surface area contributed by atoms with Crippen LogP contribution >= 0.6 is 11.6 Å². The standard InChI is InChI=1S/C14H22ClN3O2S/c1-3-18-8-6-12(7-9-18)17(2)21(19,20)14-5-4-11(16)10-13(14)15/h4-5,10,12H,3,6-9,16H2,1-2H3. The van der Waals surface area contributed by atoms with E-state index in [0.29, 0.717) is 5.69 Å². The molecule has 7 heteroatoms. The molecule has 1 saturated heterocycles. The molecule has 0 aliphatic carbocycles. The van der Waals surface area contributed by atoms with Crippen LogP contribution in [-0.2, 0) is 10.0 Å². The van der Waals surface area contributed by atoms with Gasteiger partial charge in [-0.25, -0.2) is 8.42 Å². The van der Waals surface area contributed by atoms with Gasteiger partial charge in [-0.15, -0.1) is 0 Å². The van der Waals surface area contributed by atoms with Crippen molar-refractivity contribution < 1.29 is 8.42 Å². The summed E-state index contributed by atoms with van der Waals surface area (Å²) < 4.78 is 26.9. The zero-order valence-corrected chi connectivity index (χ0v) is 14.0. The van der Waals surface area contributed by atoms with Gasteiger partial charge in [-0.05, 0) is 50.7 Å². The van der Waals surface area contributed by atoms with E-state index < -0.39 is 10.0 Å². The molecule has 1 aliphatic heterocycles. The lowest BCUT2D eigenvalue weighted by Gasteiger charge is -2.35. The zero-order valence-electron chi connectivity index (χ0n) is 12.4. The molecule has 0 spiro atoms. The van der Waals surface area contributed by atoms with Crippen molar-refractivity contribution in [3.63, 3.8) is 0 Å². The van der Waals surface area contributed by atoms with E-state index in [1.807, 2.05) is 0 Å². The Morgan fingerprint density at radius 2 is 2.00 bits per heavy atom. The minimum atomic E-state index is -3.58. The van der Waals surface area contributed by atoms with Crippen LogP contribution in [0.15, 0.2) is 23.1 Å². The van der Waals surface area contributed by atoms with Crippen molar-refractivity contribution in [3.05, 3.63) is 23.2 Å². The molecule has 0 radical (unpaired) electrons. The van der Waals surface area contributed by atoms with Gasteiger partial charge in [-0.2, -0.15) is 4.31 Å². The molecule has 21 heavy (non-hydrogen) atoms. The summed E-state index contributed by atoms with van der Waals surface area (Å²) >= 11 is 6.05. The van der Waals surface area contributed by atoms with E-state index in [-0.39, 0.29) is 16.0 Å². The summed E-state index contributed by atoms with van der Waals surface area (Å²) in [7, 11) is -1.95. The first-order valence-corrected chi connectivity index (χ1v) is 8.93. The summed E-state index contributed by atoms with van der Waals surface area (Å²) in [5.41, 5.74) is 6.08. The number of hydrogen-bond acceptors (Lipinski definition) is 4. The second-order valence-corrected chi connectivity index (χ2v) is 7.75. The lowest BCUT2D eigenvalue weighted by molar-refractivity contribution is 0.176. The van der Waals surface area contributed by atoms with Gasteiger partial charge >= 0.3 is 0 Å². The average Bonchev–Trinajstić information content (AvgIpc) is 2.46. The molecule has 2 N–H and O–H groups in total. The summed E-state index contributed by atoms with van der Waals surface area (Å²) in [6.07, 6.45) is 1.69. The van der Waals surface area contributed by atoms with Crippen molar-refractivity contribution in [1.29, 1.82) is 0 Å².